The van der Waals surface area contributed by atoms with E-state index in [1.54, 1.807) is 0 Å². The van der Waals surface area contributed by atoms with Crippen LogP contribution in [0.25, 0.3) is 11.3 Å². The molecule has 0 aliphatic carbocycles. The Morgan fingerprint density at radius 2 is 1.83 bits per heavy atom. The first-order valence-corrected chi connectivity index (χ1v) is 6.67. The Labute approximate surface area is 108 Å². The van der Waals surface area contributed by atoms with E-state index in [1.165, 1.54) is 16.8 Å². The molecule has 1 saturated heterocycles. The molecule has 0 amide bonds. The molecule has 0 atom stereocenters. The number of hydrogen-bond donors (Lipinski definition) is 0. The maximum absolute atomic E-state index is 5.45. The number of ether oxygens (including phenoxy) is 1. The summed E-state index contributed by atoms with van der Waals surface area (Å²) >= 11 is 0. The zero-order chi connectivity index (χ0) is 12.4. The van der Waals surface area contributed by atoms with Crippen LogP contribution in [-0.4, -0.2) is 17.8 Å². The molecule has 2 nitrogen and oxygen atoms in total. The van der Waals surface area contributed by atoms with Gasteiger partial charge in [-0.3, -0.25) is 0 Å². The molecule has 0 bridgehead atoms. The lowest BCUT2D eigenvalue weighted by molar-refractivity contribution is 0.0701. The van der Waals surface area contributed by atoms with Crippen LogP contribution >= 0.6 is 0 Å². The summed E-state index contributed by atoms with van der Waals surface area (Å²) in [6.45, 7) is 3.95. The summed E-state index contributed by atoms with van der Waals surface area (Å²) in [7, 11) is 0. The number of benzene rings is 1. The van der Waals surface area contributed by atoms with Crippen molar-refractivity contribution in [3.05, 3.63) is 48.2 Å². The molecule has 3 rings (SSSR count). The minimum absolute atomic E-state index is 0.586. The van der Waals surface area contributed by atoms with E-state index in [0.29, 0.717) is 6.04 Å². The van der Waals surface area contributed by atoms with Gasteiger partial charge in [0.1, 0.15) is 0 Å². The molecule has 94 valence electrons. The highest BCUT2D eigenvalue weighted by molar-refractivity contribution is 5.64. The third kappa shape index (κ3) is 2.08. The van der Waals surface area contributed by atoms with Crippen molar-refractivity contribution in [2.75, 3.05) is 13.2 Å². The second-order valence-electron chi connectivity index (χ2n) is 4.96. The van der Waals surface area contributed by atoms with Crippen LogP contribution in [0, 0.1) is 6.92 Å². The minimum Gasteiger partial charge on any atom is -0.381 e. The monoisotopic (exact) mass is 241 g/mol. The summed E-state index contributed by atoms with van der Waals surface area (Å²) in [6.07, 6.45) is 4.44. The van der Waals surface area contributed by atoms with Crippen molar-refractivity contribution in [1.82, 2.24) is 4.57 Å². The van der Waals surface area contributed by atoms with Gasteiger partial charge in [0.15, 0.2) is 0 Å². The van der Waals surface area contributed by atoms with E-state index in [2.05, 4.69) is 54.1 Å². The molecule has 1 aromatic carbocycles. The first-order valence-electron chi connectivity index (χ1n) is 6.67. The van der Waals surface area contributed by atoms with Gasteiger partial charge >= 0.3 is 0 Å². The topological polar surface area (TPSA) is 14.2 Å². The molecule has 0 spiro atoms. The van der Waals surface area contributed by atoms with Gasteiger partial charge in [-0.2, -0.15) is 0 Å². The summed E-state index contributed by atoms with van der Waals surface area (Å²) in [4.78, 5) is 0. The summed E-state index contributed by atoms with van der Waals surface area (Å²) in [5.74, 6) is 0. The number of aryl methyl sites for hydroxylation is 1. The molecule has 18 heavy (non-hydrogen) atoms. The first-order chi connectivity index (χ1) is 8.86. The fourth-order valence-electron chi connectivity index (χ4n) is 2.76. The Morgan fingerprint density at radius 1 is 1.06 bits per heavy atom. The van der Waals surface area contributed by atoms with Crippen molar-refractivity contribution in [3.8, 4) is 11.3 Å². The van der Waals surface area contributed by atoms with Crippen LogP contribution < -0.4 is 0 Å². The van der Waals surface area contributed by atoms with Crippen molar-refractivity contribution >= 4 is 0 Å². The number of hydrogen-bond acceptors (Lipinski definition) is 1. The van der Waals surface area contributed by atoms with Crippen molar-refractivity contribution < 1.29 is 4.74 Å². The standard InChI is InChI=1S/C16H19NO/c1-13-5-2-3-6-15(13)16-7-4-10-17(16)14-8-11-18-12-9-14/h2-7,10,14H,8-9,11-12H2,1H3. The maximum atomic E-state index is 5.45. The van der Waals surface area contributed by atoms with Crippen molar-refractivity contribution in [2.24, 2.45) is 0 Å². The third-order valence-electron chi connectivity index (χ3n) is 3.78. The Balaban J connectivity index is 1.98. The predicted octanol–water partition coefficient (Wildman–Crippen LogP) is 3.82. The minimum atomic E-state index is 0.586. The summed E-state index contributed by atoms with van der Waals surface area (Å²) in [5, 5.41) is 0. The lowest BCUT2D eigenvalue weighted by atomic mass is 10.0. The fraction of sp³-hybridized carbons (Fsp3) is 0.375. The average molecular weight is 241 g/mol. The van der Waals surface area contributed by atoms with Gasteiger partial charge in [0.25, 0.3) is 0 Å². The van der Waals surface area contributed by atoms with Crippen molar-refractivity contribution in [2.45, 2.75) is 25.8 Å². The Kier molecular flexibility index (Phi) is 3.20. The van der Waals surface area contributed by atoms with Crippen molar-refractivity contribution in [1.29, 1.82) is 0 Å². The van der Waals surface area contributed by atoms with Gasteiger partial charge in [-0.15, -0.1) is 0 Å². The number of nitrogens with zero attached hydrogens (tertiary/aromatic N) is 1. The zero-order valence-electron chi connectivity index (χ0n) is 10.8. The summed E-state index contributed by atoms with van der Waals surface area (Å²) in [6, 6.07) is 13.6. The predicted molar refractivity (Wildman–Crippen MR) is 73.7 cm³/mol. The highest BCUT2D eigenvalue weighted by Gasteiger charge is 2.18. The molecule has 1 aliphatic rings. The highest BCUT2D eigenvalue weighted by atomic mass is 16.5. The Hall–Kier alpha value is -1.54. The number of rotatable bonds is 2. The molecule has 1 fully saturated rings. The van der Waals surface area contributed by atoms with Crippen molar-refractivity contribution in [3.63, 3.8) is 0 Å². The fourth-order valence-corrected chi connectivity index (χ4v) is 2.76. The van der Waals surface area contributed by atoms with Crippen LogP contribution in [0.1, 0.15) is 24.4 Å². The van der Waals surface area contributed by atoms with Crippen LogP contribution in [0.3, 0.4) is 0 Å². The molecule has 1 aromatic heterocycles. The van der Waals surface area contributed by atoms with Crippen LogP contribution in [-0.2, 0) is 4.74 Å². The highest BCUT2D eigenvalue weighted by Crippen LogP contribution is 2.30. The van der Waals surface area contributed by atoms with Gasteiger partial charge in [0.05, 0.1) is 0 Å². The summed E-state index contributed by atoms with van der Waals surface area (Å²) < 4.78 is 7.88. The second kappa shape index (κ2) is 4.99. The van der Waals surface area contributed by atoms with Gasteiger partial charge in [0.2, 0.25) is 0 Å². The van der Waals surface area contributed by atoms with E-state index in [-0.39, 0.29) is 0 Å². The molecule has 0 saturated carbocycles. The molecule has 2 aromatic rings. The number of aromatic nitrogens is 1. The normalized spacial score (nSPS) is 16.9. The molecule has 2 heterocycles. The van der Waals surface area contributed by atoms with Gasteiger partial charge in [-0.1, -0.05) is 24.3 Å². The van der Waals surface area contributed by atoms with Gasteiger partial charge < -0.3 is 9.30 Å². The molecule has 0 unspecified atom stereocenters. The van der Waals surface area contributed by atoms with Gasteiger partial charge in [-0.05, 0) is 37.5 Å². The lowest BCUT2D eigenvalue weighted by Gasteiger charge is -2.26. The van der Waals surface area contributed by atoms with Gasteiger partial charge in [0, 0.05) is 36.7 Å². The van der Waals surface area contributed by atoms with Crippen LogP contribution in [0.2, 0.25) is 0 Å². The first kappa shape index (κ1) is 11.5. The van der Waals surface area contributed by atoms with Crippen LogP contribution in [0.5, 0.6) is 0 Å². The second-order valence-corrected chi connectivity index (χ2v) is 4.96. The SMILES string of the molecule is Cc1ccccc1-c1cccn1C1CCOCC1. The Bertz CT molecular complexity index is 523. The molecule has 0 radical (unpaired) electrons. The van der Waals surface area contributed by atoms with E-state index in [9.17, 15) is 0 Å². The molecule has 1 aliphatic heterocycles. The average Bonchev–Trinajstić information content (AvgIpc) is 2.89. The lowest BCUT2D eigenvalue weighted by Crippen LogP contribution is -2.19. The molecule has 2 heteroatoms. The van der Waals surface area contributed by atoms with Crippen LogP contribution in [0.4, 0.5) is 0 Å². The van der Waals surface area contributed by atoms with E-state index >= 15 is 0 Å². The maximum Gasteiger partial charge on any atom is 0.0485 e. The van der Waals surface area contributed by atoms with E-state index in [0.717, 1.165) is 26.1 Å². The van der Waals surface area contributed by atoms with E-state index in [4.69, 9.17) is 4.74 Å². The summed E-state index contributed by atoms with van der Waals surface area (Å²) in [5.41, 5.74) is 4.01. The largest absolute Gasteiger partial charge is 0.381 e. The molecular formula is C16H19NO. The smallest absolute Gasteiger partial charge is 0.0485 e. The quantitative estimate of drug-likeness (QED) is 0.779. The van der Waals surface area contributed by atoms with E-state index in [1.807, 2.05) is 0 Å². The zero-order valence-corrected chi connectivity index (χ0v) is 10.8. The third-order valence-corrected chi connectivity index (χ3v) is 3.78. The van der Waals surface area contributed by atoms with Gasteiger partial charge in [-0.25, -0.2) is 0 Å². The van der Waals surface area contributed by atoms with E-state index < -0.39 is 0 Å². The Morgan fingerprint density at radius 3 is 2.61 bits per heavy atom. The van der Waals surface area contributed by atoms with Crippen LogP contribution in [0.15, 0.2) is 42.6 Å². The molecular weight excluding hydrogens is 222 g/mol. The molecule has 0 N–H and O–H groups in total.